The number of rotatable bonds is 9. The molecule has 0 radical (unpaired) electrons. The largest absolute Gasteiger partial charge is 0.495 e. The monoisotopic (exact) mass is 441 g/mol. The third-order valence-electron chi connectivity index (χ3n) is 4.25. The summed E-state index contributed by atoms with van der Waals surface area (Å²) in [5.41, 5.74) is 0.393. The summed E-state index contributed by atoms with van der Waals surface area (Å²) in [7, 11) is 0.248. The van der Waals surface area contributed by atoms with Crippen LogP contribution in [0.3, 0.4) is 0 Å². The molecule has 0 saturated carbocycles. The molecule has 2 aromatic rings. The molecule has 7 nitrogen and oxygen atoms in total. The van der Waals surface area contributed by atoms with Gasteiger partial charge in [-0.3, -0.25) is 4.31 Å². The highest BCUT2D eigenvalue weighted by molar-refractivity contribution is 7.92. The van der Waals surface area contributed by atoms with Crippen molar-refractivity contribution in [1.82, 2.24) is 0 Å². The molecule has 0 saturated heterocycles. The van der Waals surface area contributed by atoms with Gasteiger partial charge in [-0.15, -0.1) is 0 Å². The van der Waals surface area contributed by atoms with E-state index in [-0.39, 0.29) is 33.5 Å². The highest BCUT2D eigenvalue weighted by atomic mass is 35.5. The molecule has 0 aliphatic heterocycles. The van der Waals surface area contributed by atoms with Crippen LogP contribution in [0.5, 0.6) is 11.5 Å². The van der Waals surface area contributed by atoms with Gasteiger partial charge in [0.1, 0.15) is 11.5 Å². The van der Waals surface area contributed by atoms with Crippen LogP contribution < -0.4 is 13.8 Å². The Balaban J connectivity index is 2.39. The Bertz CT molecular complexity index is 977. The maximum Gasteiger partial charge on any atom is 0.338 e. The first-order valence-electron chi connectivity index (χ1n) is 8.93. The van der Waals surface area contributed by atoms with E-state index in [1.165, 1.54) is 57.7 Å². The van der Waals surface area contributed by atoms with Gasteiger partial charge in [0.25, 0.3) is 10.0 Å². The van der Waals surface area contributed by atoms with Crippen molar-refractivity contribution in [3.8, 4) is 11.5 Å². The molecule has 2 aromatic carbocycles. The zero-order valence-electron chi connectivity index (χ0n) is 16.8. The van der Waals surface area contributed by atoms with Gasteiger partial charge in [-0.05, 0) is 30.7 Å². The predicted octanol–water partition coefficient (Wildman–Crippen LogP) is 4.14. The molecule has 0 bridgehead atoms. The number of ether oxygens (including phenoxy) is 3. The molecule has 0 N–H and O–H groups in total. The predicted molar refractivity (Wildman–Crippen MR) is 112 cm³/mol. The van der Waals surface area contributed by atoms with Gasteiger partial charge in [-0.1, -0.05) is 31.0 Å². The lowest BCUT2D eigenvalue weighted by Gasteiger charge is -2.23. The summed E-state index contributed by atoms with van der Waals surface area (Å²) in [5, 5.41) is 0.235. The maximum absolute atomic E-state index is 13.1. The van der Waals surface area contributed by atoms with Crippen molar-refractivity contribution in [1.29, 1.82) is 0 Å². The smallest absolute Gasteiger partial charge is 0.338 e. The average molecular weight is 442 g/mol. The molecule has 2 rings (SSSR count). The fourth-order valence-corrected chi connectivity index (χ4v) is 4.03. The lowest BCUT2D eigenvalue weighted by molar-refractivity contribution is 0.0499. The highest BCUT2D eigenvalue weighted by Gasteiger charge is 2.26. The number of sulfonamides is 1. The average Bonchev–Trinajstić information content (AvgIpc) is 2.73. The summed E-state index contributed by atoms with van der Waals surface area (Å²) in [6.45, 7) is 2.27. The number of hydrogen-bond donors (Lipinski definition) is 0. The van der Waals surface area contributed by atoms with Crippen LogP contribution in [0.1, 0.15) is 30.1 Å². The number of anilines is 1. The van der Waals surface area contributed by atoms with Crippen LogP contribution in [0, 0.1) is 0 Å². The van der Waals surface area contributed by atoms with E-state index < -0.39 is 16.0 Å². The van der Waals surface area contributed by atoms with Crippen LogP contribution in [0.4, 0.5) is 5.69 Å². The number of esters is 1. The molecule has 0 spiro atoms. The summed E-state index contributed by atoms with van der Waals surface area (Å²) in [6, 6.07) is 8.66. The molecule has 0 fully saturated rings. The number of halogens is 1. The fraction of sp³-hybridized carbons (Fsp3) is 0.350. The summed E-state index contributed by atoms with van der Waals surface area (Å²) >= 11 is 6.16. The first-order valence-corrected chi connectivity index (χ1v) is 10.8. The molecule has 9 heteroatoms. The van der Waals surface area contributed by atoms with Gasteiger partial charge in [0.2, 0.25) is 0 Å². The minimum Gasteiger partial charge on any atom is -0.495 e. The van der Waals surface area contributed by atoms with Crippen molar-refractivity contribution in [3.63, 3.8) is 0 Å². The number of carbonyl (C=O) groups is 1. The van der Waals surface area contributed by atoms with E-state index in [0.717, 1.165) is 17.1 Å². The second-order valence-corrected chi connectivity index (χ2v) is 8.52. The minimum absolute atomic E-state index is 0.0565. The van der Waals surface area contributed by atoms with Crippen LogP contribution in [0.2, 0.25) is 5.02 Å². The van der Waals surface area contributed by atoms with Gasteiger partial charge in [0.05, 0.1) is 42.0 Å². The lowest BCUT2D eigenvalue weighted by Crippen LogP contribution is -2.27. The number of unbranched alkanes of at least 4 members (excludes halogenated alkanes) is 1. The van der Waals surface area contributed by atoms with E-state index in [1.54, 1.807) is 0 Å². The van der Waals surface area contributed by atoms with Gasteiger partial charge in [-0.2, -0.15) is 0 Å². The Morgan fingerprint density at radius 3 is 2.41 bits per heavy atom. The minimum atomic E-state index is -4.00. The van der Waals surface area contributed by atoms with Crippen LogP contribution in [0.15, 0.2) is 41.3 Å². The summed E-state index contributed by atoms with van der Waals surface area (Å²) in [4.78, 5) is 12.1. The summed E-state index contributed by atoms with van der Waals surface area (Å²) in [6.07, 6.45) is 1.63. The van der Waals surface area contributed by atoms with Gasteiger partial charge >= 0.3 is 5.97 Å². The number of benzene rings is 2. The van der Waals surface area contributed by atoms with E-state index >= 15 is 0 Å². The van der Waals surface area contributed by atoms with Crippen molar-refractivity contribution >= 4 is 33.3 Å². The quantitative estimate of drug-likeness (QED) is 0.429. The van der Waals surface area contributed by atoms with Gasteiger partial charge in [0.15, 0.2) is 0 Å². The Labute approximate surface area is 176 Å². The molecule has 0 aliphatic rings. The van der Waals surface area contributed by atoms with Crippen molar-refractivity contribution in [2.24, 2.45) is 0 Å². The number of hydrogen-bond acceptors (Lipinski definition) is 6. The fourth-order valence-electron chi connectivity index (χ4n) is 2.55. The molecule has 0 atom stereocenters. The molecular weight excluding hydrogens is 418 g/mol. The summed E-state index contributed by atoms with van der Waals surface area (Å²) in [5.74, 6) is 0.0607. The zero-order chi connectivity index (χ0) is 21.6. The molecule has 0 aromatic heterocycles. The SMILES string of the molecule is CCCCOC(=O)c1cccc(S(=O)(=O)N(C)c2cc(Cl)c(OC)cc2OC)c1. The van der Waals surface area contributed by atoms with Crippen molar-refractivity contribution < 1.29 is 27.4 Å². The molecule has 0 heterocycles. The van der Waals surface area contributed by atoms with Gasteiger partial charge < -0.3 is 14.2 Å². The third kappa shape index (κ3) is 5.13. The number of methoxy groups -OCH3 is 2. The van der Waals surface area contributed by atoms with Gasteiger partial charge in [0, 0.05) is 13.1 Å². The van der Waals surface area contributed by atoms with Crippen molar-refractivity contribution in [2.45, 2.75) is 24.7 Å². The van der Waals surface area contributed by atoms with Crippen LogP contribution in [0.25, 0.3) is 0 Å². The Hall–Kier alpha value is -2.45. The van der Waals surface area contributed by atoms with Crippen LogP contribution >= 0.6 is 11.6 Å². The van der Waals surface area contributed by atoms with Crippen LogP contribution in [-0.4, -0.2) is 42.3 Å². The molecule has 29 heavy (non-hydrogen) atoms. The lowest BCUT2D eigenvalue weighted by atomic mass is 10.2. The van der Waals surface area contributed by atoms with Crippen molar-refractivity contribution in [3.05, 3.63) is 47.0 Å². The second-order valence-electron chi connectivity index (χ2n) is 6.15. The van der Waals surface area contributed by atoms with Crippen LogP contribution in [-0.2, 0) is 14.8 Å². The highest BCUT2D eigenvalue weighted by Crippen LogP contribution is 2.39. The third-order valence-corrected chi connectivity index (χ3v) is 6.31. The summed E-state index contributed by atoms with van der Waals surface area (Å²) < 4.78 is 42.9. The first kappa shape index (κ1) is 22.8. The topological polar surface area (TPSA) is 82.1 Å². The standard InChI is InChI=1S/C20H24ClNO6S/c1-5-6-10-28-20(23)14-8-7-9-15(11-14)29(24,25)22(2)17-12-16(21)18(26-3)13-19(17)27-4/h7-9,11-13H,5-6,10H2,1-4H3. The van der Waals surface area contributed by atoms with E-state index in [1.807, 2.05) is 6.92 Å². The second kappa shape index (κ2) is 9.84. The normalized spacial score (nSPS) is 11.1. The zero-order valence-corrected chi connectivity index (χ0v) is 18.3. The molecular formula is C20H24ClNO6S. The van der Waals surface area contributed by atoms with E-state index in [4.69, 9.17) is 25.8 Å². The van der Waals surface area contributed by atoms with E-state index in [2.05, 4.69) is 0 Å². The Morgan fingerprint density at radius 1 is 1.10 bits per heavy atom. The van der Waals surface area contributed by atoms with E-state index in [9.17, 15) is 13.2 Å². The molecule has 0 amide bonds. The molecule has 0 aliphatic carbocycles. The van der Waals surface area contributed by atoms with Gasteiger partial charge in [-0.25, -0.2) is 13.2 Å². The molecule has 158 valence electrons. The number of carbonyl (C=O) groups excluding carboxylic acids is 1. The number of nitrogens with zero attached hydrogens (tertiary/aromatic N) is 1. The Morgan fingerprint density at radius 2 is 1.79 bits per heavy atom. The van der Waals surface area contributed by atoms with E-state index in [0.29, 0.717) is 5.75 Å². The molecule has 0 unspecified atom stereocenters. The first-order chi connectivity index (χ1) is 13.8. The van der Waals surface area contributed by atoms with Crippen molar-refractivity contribution in [2.75, 3.05) is 32.2 Å². The Kier molecular flexibility index (Phi) is 7.75. The maximum atomic E-state index is 13.1.